The van der Waals surface area contributed by atoms with Crippen molar-refractivity contribution in [1.29, 1.82) is 0 Å². The number of amides is 1. The van der Waals surface area contributed by atoms with Gasteiger partial charge in [0.1, 0.15) is 30.5 Å². The molecule has 43 heavy (non-hydrogen) atoms. The summed E-state index contributed by atoms with van der Waals surface area (Å²) in [5.41, 5.74) is 0. The average molecular weight is 642 g/mol. The number of ether oxygens (including phenoxy) is 2. The Morgan fingerprint density at radius 2 is 1.49 bits per heavy atom. The fraction of sp³-hybridized carbons (Fsp3) is 0.897. The summed E-state index contributed by atoms with van der Waals surface area (Å²) in [6.45, 7) is 2.96. The summed E-state index contributed by atoms with van der Waals surface area (Å²) in [6, 6.07) is -1.03. The van der Waals surface area contributed by atoms with Gasteiger partial charge < -0.3 is 40.3 Å². The van der Waals surface area contributed by atoms with Gasteiger partial charge in [-0.25, -0.2) is 4.18 Å². The molecule has 254 valence electrons. The van der Waals surface area contributed by atoms with Crippen LogP contribution in [0.4, 0.5) is 0 Å². The van der Waals surface area contributed by atoms with Crippen molar-refractivity contribution in [3.8, 4) is 0 Å². The maximum atomic E-state index is 12.8. The van der Waals surface area contributed by atoms with Gasteiger partial charge in [0.15, 0.2) is 6.29 Å². The maximum absolute atomic E-state index is 12.8. The monoisotopic (exact) mass is 641 g/mol. The molecular formula is C29H55NO12S. The van der Waals surface area contributed by atoms with Gasteiger partial charge in [-0.3, -0.25) is 9.35 Å². The summed E-state index contributed by atoms with van der Waals surface area (Å²) in [4.78, 5) is 12.8. The predicted molar refractivity (Wildman–Crippen MR) is 159 cm³/mol. The zero-order chi connectivity index (χ0) is 32.3. The van der Waals surface area contributed by atoms with E-state index in [0.717, 1.165) is 44.9 Å². The summed E-state index contributed by atoms with van der Waals surface area (Å²) >= 11 is 0. The molecule has 7 N–H and O–H groups in total. The van der Waals surface area contributed by atoms with Crippen molar-refractivity contribution < 1.29 is 57.0 Å². The molecule has 1 rings (SSSR count). The van der Waals surface area contributed by atoms with E-state index < -0.39 is 78.5 Å². The largest absolute Gasteiger partial charge is 0.397 e. The number of rotatable bonds is 24. The Balaban J connectivity index is 2.67. The van der Waals surface area contributed by atoms with Crippen LogP contribution in [-0.2, 0) is 28.9 Å². The second kappa shape index (κ2) is 22.3. The van der Waals surface area contributed by atoms with Gasteiger partial charge in [-0.05, 0) is 38.5 Å². The second-order valence-electron chi connectivity index (χ2n) is 11.2. The van der Waals surface area contributed by atoms with Crippen molar-refractivity contribution in [2.45, 2.75) is 153 Å². The molecule has 14 heteroatoms. The number of allylic oxidation sites excluding steroid dienone is 2. The Hall–Kier alpha value is -1.20. The molecule has 1 aliphatic heterocycles. The number of hydrogen-bond acceptors (Lipinski definition) is 11. The van der Waals surface area contributed by atoms with E-state index in [1.54, 1.807) is 0 Å². The summed E-state index contributed by atoms with van der Waals surface area (Å²) in [7, 11) is -5.09. The van der Waals surface area contributed by atoms with Crippen molar-refractivity contribution >= 4 is 16.3 Å². The lowest BCUT2D eigenvalue weighted by Crippen LogP contribution is -2.61. The second-order valence-corrected chi connectivity index (χ2v) is 12.2. The van der Waals surface area contributed by atoms with Crippen molar-refractivity contribution in [2.75, 3.05) is 13.2 Å². The first-order valence-corrected chi connectivity index (χ1v) is 17.0. The Morgan fingerprint density at radius 1 is 0.907 bits per heavy atom. The summed E-state index contributed by atoms with van der Waals surface area (Å²) in [5.74, 6) is -0.695. The van der Waals surface area contributed by atoms with Crippen LogP contribution in [0, 0.1) is 0 Å². The third-order valence-electron chi connectivity index (χ3n) is 7.43. The molecule has 0 aromatic rings. The molecule has 13 nitrogen and oxygen atoms in total. The van der Waals surface area contributed by atoms with Crippen molar-refractivity contribution in [2.24, 2.45) is 0 Å². The minimum atomic E-state index is -5.09. The standard InChI is InChI=1S/C29H55NO12S/c1-3-5-7-8-9-10-11-12-13-14-16-18-23(33)28(36)30-21(22(32)17-15-6-4-2)20-40-29-26(35)27(42-43(37,38)39)25(34)24(19-31)41-29/h9-10,21-27,29,31-35H,3-8,11-20H2,1-2H3,(H,30,36)(H,37,38,39)/b10-9-. The third-order valence-corrected chi connectivity index (χ3v) is 7.90. The van der Waals surface area contributed by atoms with Gasteiger partial charge in [0, 0.05) is 0 Å². The van der Waals surface area contributed by atoms with Gasteiger partial charge >= 0.3 is 10.4 Å². The fourth-order valence-corrected chi connectivity index (χ4v) is 5.32. The molecule has 1 heterocycles. The topological polar surface area (TPSA) is 212 Å². The molecule has 0 spiro atoms. The first-order valence-electron chi connectivity index (χ1n) is 15.7. The van der Waals surface area contributed by atoms with Crippen LogP contribution in [0.1, 0.15) is 104 Å². The molecule has 1 saturated heterocycles. The van der Waals surface area contributed by atoms with E-state index in [1.807, 2.05) is 6.92 Å². The summed E-state index contributed by atoms with van der Waals surface area (Å²) in [5, 5.41) is 54.0. The molecule has 1 amide bonds. The number of carbonyl (C=O) groups excluding carboxylic acids is 1. The predicted octanol–water partition coefficient (Wildman–Crippen LogP) is 1.89. The smallest absolute Gasteiger partial charge is 0.394 e. The number of unbranched alkanes of at least 4 members (excludes halogenated alkanes) is 9. The number of nitrogens with one attached hydrogen (secondary N) is 1. The van der Waals surface area contributed by atoms with Crippen LogP contribution in [-0.4, -0.2) is 107 Å². The van der Waals surface area contributed by atoms with Gasteiger partial charge in [0.05, 0.1) is 25.4 Å². The lowest BCUT2D eigenvalue weighted by molar-refractivity contribution is -0.298. The molecule has 0 aromatic heterocycles. The van der Waals surface area contributed by atoms with Crippen LogP contribution in [0.25, 0.3) is 0 Å². The number of hydrogen-bond donors (Lipinski definition) is 7. The van der Waals surface area contributed by atoms with E-state index in [0.29, 0.717) is 19.3 Å². The Bertz CT molecular complexity index is 874. The molecule has 0 saturated carbocycles. The lowest BCUT2D eigenvalue weighted by Gasteiger charge is -2.41. The molecule has 0 radical (unpaired) electrons. The SMILES string of the molecule is CCCCC/C=C\CCCCCCC(O)C(=O)NC(COC1OC(CO)C(O)C(OS(=O)(=O)O)C1O)C(O)CCCCC. The van der Waals surface area contributed by atoms with E-state index in [4.69, 9.17) is 14.0 Å². The minimum absolute atomic E-state index is 0.243. The highest BCUT2D eigenvalue weighted by molar-refractivity contribution is 7.80. The minimum Gasteiger partial charge on any atom is -0.394 e. The summed E-state index contributed by atoms with van der Waals surface area (Å²) < 4.78 is 46.7. The quantitative estimate of drug-likeness (QED) is 0.0457. The van der Waals surface area contributed by atoms with Crippen molar-refractivity contribution in [3.63, 3.8) is 0 Å². The van der Waals surface area contributed by atoms with Crippen LogP contribution >= 0.6 is 0 Å². The first-order chi connectivity index (χ1) is 20.4. The van der Waals surface area contributed by atoms with Gasteiger partial charge in [0.2, 0.25) is 5.91 Å². The fourth-order valence-electron chi connectivity index (χ4n) is 4.81. The highest BCUT2D eigenvalue weighted by atomic mass is 32.3. The summed E-state index contributed by atoms with van der Waals surface area (Å²) in [6.07, 6.45) is 5.58. The molecule has 0 bridgehead atoms. The number of aliphatic hydroxyl groups excluding tert-OH is 5. The van der Waals surface area contributed by atoms with Crippen LogP contribution in [0.5, 0.6) is 0 Å². The Kier molecular flexibility index (Phi) is 20.7. The Labute approximate surface area is 256 Å². The van der Waals surface area contributed by atoms with E-state index in [-0.39, 0.29) is 6.42 Å². The molecule has 0 aromatic carbocycles. The van der Waals surface area contributed by atoms with Gasteiger partial charge in [-0.2, -0.15) is 8.42 Å². The molecule has 1 aliphatic rings. The number of carbonyl (C=O) groups is 1. The molecule has 0 aliphatic carbocycles. The molecule has 8 unspecified atom stereocenters. The van der Waals surface area contributed by atoms with E-state index in [1.165, 1.54) is 19.3 Å². The zero-order valence-electron chi connectivity index (χ0n) is 25.6. The van der Waals surface area contributed by atoms with E-state index in [9.17, 15) is 38.7 Å². The first kappa shape index (κ1) is 39.8. The molecular weight excluding hydrogens is 586 g/mol. The van der Waals surface area contributed by atoms with Crippen molar-refractivity contribution in [1.82, 2.24) is 5.32 Å². The van der Waals surface area contributed by atoms with Gasteiger partial charge in [-0.1, -0.05) is 77.4 Å². The van der Waals surface area contributed by atoms with Gasteiger partial charge in [0.25, 0.3) is 0 Å². The lowest BCUT2D eigenvalue weighted by atomic mass is 9.99. The highest BCUT2D eigenvalue weighted by Gasteiger charge is 2.48. The maximum Gasteiger partial charge on any atom is 0.397 e. The number of aliphatic hydroxyl groups is 5. The Morgan fingerprint density at radius 3 is 2.09 bits per heavy atom. The van der Waals surface area contributed by atoms with Crippen LogP contribution < -0.4 is 5.32 Å². The van der Waals surface area contributed by atoms with Crippen LogP contribution in [0.15, 0.2) is 12.2 Å². The molecule has 8 atom stereocenters. The zero-order valence-corrected chi connectivity index (χ0v) is 26.4. The van der Waals surface area contributed by atoms with Crippen LogP contribution in [0.3, 0.4) is 0 Å². The van der Waals surface area contributed by atoms with Gasteiger partial charge in [-0.15, -0.1) is 0 Å². The van der Waals surface area contributed by atoms with Crippen molar-refractivity contribution in [3.05, 3.63) is 12.2 Å². The normalized spacial score (nSPS) is 25.1. The highest BCUT2D eigenvalue weighted by Crippen LogP contribution is 2.26. The van der Waals surface area contributed by atoms with E-state index in [2.05, 4.69) is 28.6 Å². The van der Waals surface area contributed by atoms with Crippen LogP contribution in [0.2, 0.25) is 0 Å². The molecule has 1 fully saturated rings. The average Bonchev–Trinajstić information content (AvgIpc) is 2.96. The third kappa shape index (κ3) is 16.6. The van der Waals surface area contributed by atoms with E-state index >= 15 is 0 Å².